The highest BCUT2D eigenvalue weighted by Gasteiger charge is 2.42. The second-order valence-corrected chi connectivity index (χ2v) is 9.38. The van der Waals surface area contributed by atoms with E-state index in [4.69, 9.17) is 21.4 Å². The molecule has 3 heterocycles. The molecule has 0 aliphatic carbocycles. The Morgan fingerprint density at radius 1 is 0.872 bits per heavy atom. The minimum absolute atomic E-state index is 0.219. The first-order valence-electron chi connectivity index (χ1n) is 12.3. The number of ether oxygens (including phenoxy) is 1. The summed E-state index contributed by atoms with van der Waals surface area (Å²) >= 11 is 5.81. The van der Waals surface area contributed by atoms with E-state index in [9.17, 15) is 9.90 Å². The van der Waals surface area contributed by atoms with Crippen LogP contribution in [0, 0.1) is 0 Å². The van der Waals surface area contributed by atoms with E-state index in [-0.39, 0.29) is 17.6 Å². The molecule has 6 rings (SSSR count). The molecule has 0 saturated carbocycles. The van der Waals surface area contributed by atoms with Crippen LogP contribution in [0.1, 0.15) is 33.9 Å². The Morgan fingerprint density at radius 2 is 1.59 bits per heavy atom. The number of anilines is 1. The summed E-state index contributed by atoms with van der Waals surface area (Å²) in [5.74, 6) is 1.83. The largest absolute Gasteiger partial charge is 0.478 e. The van der Waals surface area contributed by atoms with E-state index in [0.29, 0.717) is 22.4 Å². The van der Waals surface area contributed by atoms with E-state index >= 15 is 0 Å². The lowest BCUT2D eigenvalue weighted by Gasteiger charge is -2.26. The molecular weight excluding hydrogens is 510 g/mol. The molecule has 7 nitrogen and oxygen atoms in total. The zero-order valence-electron chi connectivity index (χ0n) is 20.6. The first kappa shape index (κ1) is 24.4. The van der Waals surface area contributed by atoms with Gasteiger partial charge in [-0.2, -0.15) is 0 Å². The van der Waals surface area contributed by atoms with Crippen LogP contribution >= 0.6 is 12.2 Å². The molecule has 3 aromatic carbocycles. The number of nitrogens with one attached hydrogen (secondary N) is 1. The van der Waals surface area contributed by atoms with Crippen molar-refractivity contribution < 1.29 is 19.1 Å². The zero-order valence-corrected chi connectivity index (χ0v) is 21.4. The molecular formula is C31H23N3O4S. The van der Waals surface area contributed by atoms with Crippen LogP contribution in [0.4, 0.5) is 5.69 Å². The van der Waals surface area contributed by atoms with Gasteiger partial charge >= 0.3 is 5.97 Å². The third kappa shape index (κ3) is 4.97. The summed E-state index contributed by atoms with van der Waals surface area (Å²) in [6.45, 7) is 0. The summed E-state index contributed by atoms with van der Waals surface area (Å²) in [5.41, 5.74) is 2.71. The predicted molar refractivity (Wildman–Crippen MR) is 152 cm³/mol. The van der Waals surface area contributed by atoms with Crippen molar-refractivity contribution in [1.29, 1.82) is 0 Å². The van der Waals surface area contributed by atoms with Gasteiger partial charge < -0.3 is 24.5 Å². The number of carbonyl (C=O) groups is 1. The Kier molecular flexibility index (Phi) is 6.52. The van der Waals surface area contributed by atoms with E-state index in [1.165, 1.54) is 0 Å². The summed E-state index contributed by atoms with van der Waals surface area (Å²) in [6.07, 6.45) is 1.76. The Labute approximate surface area is 230 Å². The van der Waals surface area contributed by atoms with Gasteiger partial charge in [0.25, 0.3) is 0 Å². The lowest BCUT2D eigenvalue weighted by atomic mass is 10.0. The predicted octanol–water partition coefficient (Wildman–Crippen LogP) is 7.01. The molecule has 1 fully saturated rings. The van der Waals surface area contributed by atoms with Gasteiger partial charge in [-0.3, -0.25) is 4.98 Å². The van der Waals surface area contributed by atoms with Crippen molar-refractivity contribution in [2.45, 2.75) is 12.1 Å². The van der Waals surface area contributed by atoms with E-state index < -0.39 is 5.97 Å². The Balaban J connectivity index is 1.34. The highest BCUT2D eigenvalue weighted by atomic mass is 32.1. The van der Waals surface area contributed by atoms with E-state index in [2.05, 4.69) is 10.3 Å². The van der Waals surface area contributed by atoms with Crippen LogP contribution < -0.4 is 15.0 Å². The lowest BCUT2D eigenvalue weighted by Crippen LogP contribution is -2.29. The van der Waals surface area contributed by atoms with Crippen molar-refractivity contribution in [1.82, 2.24) is 10.3 Å². The summed E-state index contributed by atoms with van der Waals surface area (Å²) in [5, 5.41) is 13.2. The number of aromatic nitrogens is 1. The number of furan rings is 1. The maximum Gasteiger partial charge on any atom is 0.335 e. The van der Waals surface area contributed by atoms with Crippen molar-refractivity contribution in [3.63, 3.8) is 0 Å². The van der Waals surface area contributed by atoms with Gasteiger partial charge in [0.15, 0.2) is 5.11 Å². The summed E-state index contributed by atoms with van der Waals surface area (Å²) in [7, 11) is 0. The van der Waals surface area contributed by atoms with E-state index in [1.54, 1.807) is 30.5 Å². The van der Waals surface area contributed by atoms with Crippen molar-refractivity contribution in [2.75, 3.05) is 4.90 Å². The molecule has 8 heteroatoms. The number of carboxylic acids is 1. The average molecular weight is 534 g/mol. The topological polar surface area (TPSA) is 87.8 Å². The van der Waals surface area contributed by atoms with Crippen molar-refractivity contribution in [3.05, 3.63) is 132 Å². The molecule has 0 spiro atoms. The van der Waals surface area contributed by atoms with Crippen LogP contribution in [0.15, 0.2) is 120 Å². The number of pyridine rings is 1. The number of para-hydroxylation sites is 1. The Bertz CT molecular complexity index is 1600. The van der Waals surface area contributed by atoms with Gasteiger partial charge in [-0.15, -0.1) is 0 Å². The fourth-order valence-corrected chi connectivity index (χ4v) is 5.01. The molecule has 2 aromatic heterocycles. The fraction of sp³-hybridized carbons (Fsp3) is 0.0645. The van der Waals surface area contributed by atoms with Crippen LogP contribution in [0.25, 0.3) is 11.3 Å². The van der Waals surface area contributed by atoms with Gasteiger partial charge in [0.05, 0.1) is 17.3 Å². The first-order valence-corrected chi connectivity index (χ1v) is 12.7. The Hall–Kier alpha value is -4.95. The second kappa shape index (κ2) is 10.4. The molecule has 192 valence electrons. The number of thiocarbonyl (C=S) groups is 1. The maximum atomic E-state index is 11.2. The van der Waals surface area contributed by atoms with E-state index in [0.717, 1.165) is 22.7 Å². The maximum absolute atomic E-state index is 11.2. The molecule has 1 saturated heterocycles. The molecule has 0 unspecified atom stereocenters. The van der Waals surface area contributed by atoms with Gasteiger partial charge in [-0.25, -0.2) is 4.79 Å². The molecule has 5 aromatic rings. The van der Waals surface area contributed by atoms with Gasteiger partial charge in [0, 0.05) is 17.4 Å². The summed E-state index contributed by atoms with van der Waals surface area (Å²) in [6, 6.07) is 33.0. The van der Waals surface area contributed by atoms with Crippen LogP contribution in [0.5, 0.6) is 11.5 Å². The number of benzene rings is 3. The molecule has 2 N–H and O–H groups in total. The molecule has 1 aliphatic rings. The number of carboxylic acid groups (broad SMARTS) is 1. The standard InChI is InChI=1S/C31H23N3O4S/c35-30(36)21-11-9-20(10-12-21)26-17-18-27(38-26)29-28(25-8-4-5-19-32-25)33-31(39)34(29)22-13-15-24(16-14-22)37-23-6-2-1-3-7-23/h1-19,28-29H,(H,33,39)(H,35,36)/t28-,29-/m1/s1. The molecule has 0 radical (unpaired) electrons. The van der Waals surface area contributed by atoms with Gasteiger partial charge in [-0.05, 0) is 85.0 Å². The molecule has 1 aliphatic heterocycles. The van der Waals surface area contributed by atoms with E-state index in [1.807, 2.05) is 89.8 Å². The number of hydrogen-bond acceptors (Lipinski definition) is 5. The summed E-state index contributed by atoms with van der Waals surface area (Å²) in [4.78, 5) is 17.9. The molecule has 39 heavy (non-hydrogen) atoms. The fourth-order valence-electron chi connectivity index (χ4n) is 4.67. The number of aromatic carboxylic acids is 1. The normalized spacial score (nSPS) is 16.6. The van der Waals surface area contributed by atoms with Crippen LogP contribution in [-0.4, -0.2) is 21.2 Å². The lowest BCUT2D eigenvalue weighted by molar-refractivity contribution is 0.0697. The SMILES string of the molecule is O=C(O)c1ccc(-c2ccc([C@@H]3[C@@H](c4ccccn4)NC(=S)N3c3ccc(Oc4ccccc4)cc3)o2)cc1. The number of rotatable bonds is 7. The summed E-state index contributed by atoms with van der Waals surface area (Å²) < 4.78 is 12.3. The van der Waals surface area contributed by atoms with Gasteiger partial charge in [0.2, 0.25) is 0 Å². The highest BCUT2D eigenvalue weighted by Crippen LogP contribution is 2.43. The smallest absolute Gasteiger partial charge is 0.335 e. The number of nitrogens with zero attached hydrogens (tertiary/aromatic N) is 2. The minimum Gasteiger partial charge on any atom is -0.478 e. The van der Waals surface area contributed by atoms with Crippen molar-refractivity contribution >= 4 is 29.0 Å². The first-order chi connectivity index (χ1) is 19.1. The van der Waals surface area contributed by atoms with Crippen LogP contribution in [-0.2, 0) is 0 Å². The highest BCUT2D eigenvalue weighted by molar-refractivity contribution is 7.80. The minimum atomic E-state index is -0.971. The number of hydrogen-bond donors (Lipinski definition) is 2. The van der Waals surface area contributed by atoms with Gasteiger partial charge in [0.1, 0.15) is 29.1 Å². The van der Waals surface area contributed by atoms with Crippen molar-refractivity contribution in [2.24, 2.45) is 0 Å². The van der Waals surface area contributed by atoms with Gasteiger partial charge in [-0.1, -0.05) is 36.4 Å². The Morgan fingerprint density at radius 3 is 2.28 bits per heavy atom. The molecule has 0 amide bonds. The van der Waals surface area contributed by atoms with Crippen LogP contribution in [0.3, 0.4) is 0 Å². The zero-order chi connectivity index (χ0) is 26.8. The van der Waals surface area contributed by atoms with Crippen LogP contribution in [0.2, 0.25) is 0 Å². The third-order valence-corrected chi connectivity index (χ3v) is 6.84. The molecule has 0 bridgehead atoms. The molecule has 2 atom stereocenters. The third-order valence-electron chi connectivity index (χ3n) is 6.53. The monoisotopic (exact) mass is 533 g/mol. The quantitative estimate of drug-likeness (QED) is 0.216. The average Bonchev–Trinajstić information content (AvgIpc) is 3.59. The van der Waals surface area contributed by atoms with Crippen molar-refractivity contribution in [3.8, 4) is 22.8 Å². The second-order valence-electron chi connectivity index (χ2n) is 8.99.